The van der Waals surface area contributed by atoms with Crippen molar-refractivity contribution in [2.45, 2.75) is 45.2 Å². The van der Waals surface area contributed by atoms with E-state index in [0.29, 0.717) is 22.6 Å². The summed E-state index contributed by atoms with van der Waals surface area (Å²) in [7, 11) is 1.75. The molecule has 0 spiro atoms. The van der Waals surface area contributed by atoms with Gasteiger partial charge in [-0.15, -0.1) is 13.2 Å². The number of halogens is 4. The second-order valence-electron chi connectivity index (χ2n) is 9.07. The van der Waals surface area contributed by atoms with Crippen LogP contribution >= 0.6 is 11.6 Å². The van der Waals surface area contributed by atoms with Crippen LogP contribution in [0.4, 0.5) is 13.2 Å². The molecule has 0 aliphatic rings. The monoisotopic (exact) mass is 537 g/mol. The molecule has 37 heavy (non-hydrogen) atoms. The average Bonchev–Trinajstić information content (AvgIpc) is 3.25. The summed E-state index contributed by atoms with van der Waals surface area (Å²) in [5, 5.41) is 17.5. The van der Waals surface area contributed by atoms with Crippen LogP contribution in [0.1, 0.15) is 39.0 Å². The highest BCUT2D eigenvalue weighted by Crippen LogP contribution is 2.38. The van der Waals surface area contributed by atoms with Crippen LogP contribution in [0, 0.1) is 0 Å². The van der Waals surface area contributed by atoms with E-state index in [1.165, 1.54) is 38.1 Å². The quantitative estimate of drug-likeness (QED) is 0.332. The van der Waals surface area contributed by atoms with E-state index in [9.17, 15) is 23.1 Å². The zero-order valence-corrected chi connectivity index (χ0v) is 21.7. The van der Waals surface area contributed by atoms with Gasteiger partial charge in [0.15, 0.2) is 5.60 Å². The number of nitrogens with zero attached hydrogens (tertiary/aromatic N) is 2. The summed E-state index contributed by atoms with van der Waals surface area (Å²) in [5.41, 5.74) is 0.764. The van der Waals surface area contributed by atoms with Crippen LogP contribution in [0.2, 0.25) is 5.02 Å². The highest BCUT2D eigenvalue weighted by atomic mass is 35.5. The maximum Gasteiger partial charge on any atom is 0.573 e. The minimum atomic E-state index is -4.78. The number of benzene rings is 2. The first-order valence-corrected chi connectivity index (χ1v) is 11.5. The molecule has 2 N–H and O–H groups in total. The highest BCUT2D eigenvalue weighted by molar-refractivity contribution is 6.32. The molecule has 0 saturated heterocycles. The fourth-order valence-corrected chi connectivity index (χ4v) is 3.85. The number of alkyl halides is 3. The van der Waals surface area contributed by atoms with Gasteiger partial charge in [-0.05, 0) is 82.8 Å². The molecule has 7 nitrogen and oxygen atoms in total. The maximum atomic E-state index is 12.5. The third-order valence-electron chi connectivity index (χ3n) is 5.86. The first kappa shape index (κ1) is 28.1. The number of rotatable bonds is 9. The molecule has 0 fully saturated rings. The van der Waals surface area contributed by atoms with Crippen molar-refractivity contribution < 1.29 is 32.5 Å². The number of nitrogens with one attached hydrogen (secondary N) is 1. The van der Waals surface area contributed by atoms with E-state index in [2.05, 4.69) is 21.7 Å². The van der Waals surface area contributed by atoms with Crippen LogP contribution in [-0.2, 0) is 10.3 Å². The van der Waals surface area contributed by atoms with Crippen molar-refractivity contribution >= 4 is 23.3 Å². The summed E-state index contributed by atoms with van der Waals surface area (Å²) in [4.78, 5) is 11.4. The van der Waals surface area contributed by atoms with Crippen molar-refractivity contribution in [2.24, 2.45) is 0 Å². The Bertz CT molecular complexity index is 1320. The largest absolute Gasteiger partial charge is 0.573 e. The summed E-state index contributed by atoms with van der Waals surface area (Å²) < 4.78 is 48.7. The fraction of sp³-hybridized carbons (Fsp3) is 0.308. The molecule has 3 aromatic rings. The Morgan fingerprint density at radius 1 is 1.08 bits per heavy atom. The van der Waals surface area contributed by atoms with Gasteiger partial charge in [0, 0.05) is 11.3 Å². The van der Waals surface area contributed by atoms with E-state index in [1.54, 1.807) is 42.9 Å². The predicted octanol–water partition coefficient (Wildman–Crippen LogP) is 6.32. The van der Waals surface area contributed by atoms with E-state index in [1.807, 2.05) is 6.92 Å². The molecule has 0 radical (unpaired) electrons. The van der Waals surface area contributed by atoms with Crippen LogP contribution in [-0.4, -0.2) is 39.9 Å². The SMILES string of the molecule is C=C(C)n1nc(-c2ccc(OC(F)(F)F)cc2)cc1C(C)(NC)c1ccc(OC(C)(C)C(=O)O)c(Cl)c1. The number of carboxylic acid groups (broad SMARTS) is 1. The molecule has 11 heteroatoms. The van der Waals surface area contributed by atoms with Gasteiger partial charge in [0.25, 0.3) is 0 Å². The Balaban J connectivity index is 2.03. The van der Waals surface area contributed by atoms with Crippen LogP contribution in [0.25, 0.3) is 17.0 Å². The molecular weight excluding hydrogens is 511 g/mol. The van der Waals surface area contributed by atoms with E-state index < -0.39 is 23.5 Å². The first-order valence-electron chi connectivity index (χ1n) is 11.1. The summed E-state index contributed by atoms with van der Waals surface area (Å²) in [6.45, 7) is 10.5. The Morgan fingerprint density at radius 3 is 2.19 bits per heavy atom. The lowest BCUT2D eigenvalue weighted by Gasteiger charge is -2.31. The molecule has 1 heterocycles. The van der Waals surface area contributed by atoms with Crippen LogP contribution < -0.4 is 14.8 Å². The minimum Gasteiger partial charge on any atom is -0.478 e. The third kappa shape index (κ3) is 6.08. The third-order valence-corrected chi connectivity index (χ3v) is 6.15. The Hall–Kier alpha value is -3.50. The van der Waals surface area contributed by atoms with Crippen LogP contribution in [0.3, 0.4) is 0 Å². The summed E-state index contributed by atoms with van der Waals surface area (Å²) in [6.07, 6.45) is -4.78. The lowest BCUT2D eigenvalue weighted by atomic mass is 9.88. The van der Waals surface area contributed by atoms with Crippen molar-refractivity contribution in [3.63, 3.8) is 0 Å². The minimum absolute atomic E-state index is 0.214. The Labute approximate surface area is 217 Å². The van der Waals surface area contributed by atoms with Crippen molar-refractivity contribution in [2.75, 3.05) is 7.05 Å². The molecule has 0 aliphatic carbocycles. The van der Waals surface area contributed by atoms with Crippen LogP contribution in [0.5, 0.6) is 11.5 Å². The van der Waals surface area contributed by atoms with Crippen molar-refractivity contribution in [3.05, 3.63) is 71.4 Å². The van der Waals surface area contributed by atoms with Gasteiger partial charge in [-0.2, -0.15) is 5.10 Å². The lowest BCUT2D eigenvalue weighted by molar-refractivity contribution is -0.274. The van der Waals surface area contributed by atoms with E-state index in [0.717, 1.165) is 5.56 Å². The van der Waals surface area contributed by atoms with Gasteiger partial charge in [-0.1, -0.05) is 24.2 Å². The molecule has 2 aromatic carbocycles. The Kier molecular flexibility index (Phi) is 7.67. The molecule has 1 aromatic heterocycles. The number of aromatic nitrogens is 2. The zero-order valence-electron chi connectivity index (χ0n) is 20.9. The van der Waals surface area contributed by atoms with Gasteiger partial charge in [0.2, 0.25) is 0 Å². The molecule has 0 aliphatic heterocycles. The smallest absolute Gasteiger partial charge is 0.478 e. The normalized spacial score (nSPS) is 13.6. The molecule has 0 bridgehead atoms. The standard InChI is InChI=1S/C26H27ClF3N3O4/c1-15(2)33-22(14-20(32-33)16-7-10-18(11-8-16)36-26(28,29)30)25(5,31-6)17-9-12-21(19(27)13-17)37-24(3,4)23(34)35/h7-14,31H,1H2,2-6H3,(H,34,35). The summed E-state index contributed by atoms with van der Waals surface area (Å²) in [5.74, 6) is -1.26. The highest BCUT2D eigenvalue weighted by Gasteiger charge is 2.35. The molecule has 198 valence electrons. The van der Waals surface area contributed by atoms with Gasteiger partial charge in [-0.3, -0.25) is 0 Å². The predicted molar refractivity (Wildman–Crippen MR) is 135 cm³/mol. The van der Waals surface area contributed by atoms with Gasteiger partial charge in [0.05, 0.1) is 21.9 Å². The average molecular weight is 538 g/mol. The molecule has 0 amide bonds. The number of aliphatic carboxylic acids is 1. The van der Waals surface area contributed by atoms with E-state index >= 15 is 0 Å². The summed E-state index contributed by atoms with van der Waals surface area (Å²) in [6, 6.07) is 12.2. The molecule has 1 atom stereocenters. The van der Waals surface area contributed by atoms with Gasteiger partial charge < -0.3 is 19.9 Å². The van der Waals surface area contributed by atoms with Crippen molar-refractivity contribution in [3.8, 4) is 22.8 Å². The fourth-order valence-electron chi connectivity index (χ4n) is 3.63. The molecule has 1 unspecified atom stereocenters. The number of carbonyl (C=O) groups is 1. The van der Waals surface area contributed by atoms with Crippen molar-refractivity contribution in [1.82, 2.24) is 15.1 Å². The second kappa shape index (κ2) is 10.1. The van der Waals surface area contributed by atoms with Gasteiger partial charge in [-0.25, -0.2) is 9.48 Å². The summed E-state index contributed by atoms with van der Waals surface area (Å²) >= 11 is 6.48. The first-order chi connectivity index (χ1) is 17.1. The van der Waals surface area contributed by atoms with E-state index in [4.69, 9.17) is 16.3 Å². The molecule has 0 saturated carbocycles. The number of carboxylic acids is 1. The van der Waals surface area contributed by atoms with Gasteiger partial charge >= 0.3 is 12.3 Å². The second-order valence-corrected chi connectivity index (χ2v) is 9.48. The Morgan fingerprint density at radius 2 is 1.70 bits per heavy atom. The van der Waals surface area contributed by atoms with Crippen molar-refractivity contribution in [1.29, 1.82) is 0 Å². The van der Waals surface area contributed by atoms with Gasteiger partial charge in [0.1, 0.15) is 11.5 Å². The molecular formula is C26H27ClF3N3O4. The topological polar surface area (TPSA) is 85.6 Å². The molecule has 3 rings (SSSR count). The number of hydrogen-bond donors (Lipinski definition) is 2. The van der Waals surface area contributed by atoms with E-state index in [-0.39, 0.29) is 16.5 Å². The number of hydrogen-bond acceptors (Lipinski definition) is 5. The zero-order chi connectivity index (χ0) is 27.8. The number of allylic oxidation sites excluding steroid dienone is 1. The van der Waals surface area contributed by atoms with Crippen LogP contribution in [0.15, 0.2) is 55.1 Å². The maximum absolute atomic E-state index is 12.5. The number of ether oxygens (including phenoxy) is 2. The lowest BCUT2D eigenvalue weighted by Crippen LogP contribution is -2.40.